The first-order chi connectivity index (χ1) is 8.77. The minimum Gasteiger partial charge on any atom is -0.354 e. The average molecular weight is 279 g/mol. The molecule has 1 N–H and O–H groups in total. The van der Waals surface area contributed by atoms with Crippen molar-refractivity contribution in [1.29, 1.82) is 0 Å². The van der Waals surface area contributed by atoms with E-state index in [9.17, 15) is 0 Å². The van der Waals surface area contributed by atoms with Gasteiger partial charge in [0.05, 0.1) is 17.3 Å². The third kappa shape index (κ3) is 3.12. The van der Waals surface area contributed by atoms with Gasteiger partial charge in [-0.25, -0.2) is 4.98 Å². The number of aromatic nitrogens is 4. The predicted molar refractivity (Wildman–Crippen MR) is 78.6 cm³/mol. The second-order valence-electron chi connectivity index (χ2n) is 5.80. The van der Waals surface area contributed by atoms with Crippen LogP contribution in [-0.2, 0) is 5.54 Å². The van der Waals surface area contributed by atoms with Crippen molar-refractivity contribution in [3.8, 4) is 0 Å². The number of aryl methyl sites for hydroxylation is 2. The lowest BCUT2D eigenvalue weighted by Crippen LogP contribution is -2.22. The molecular formula is C13H21N5S. The van der Waals surface area contributed by atoms with E-state index in [-0.39, 0.29) is 11.6 Å². The number of hydrogen-bond donors (Lipinski definition) is 1. The molecule has 1 atom stereocenters. The van der Waals surface area contributed by atoms with Gasteiger partial charge in [-0.15, -0.1) is 0 Å². The third-order valence-electron chi connectivity index (χ3n) is 2.96. The van der Waals surface area contributed by atoms with E-state index in [0.29, 0.717) is 0 Å². The molecule has 0 amide bonds. The van der Waals surface area contributed by atoms with Gasteiger partial charge in [0.1, 0.15) is 5.82 Å². The Kier molecular flexibility index (Phi) is 3.62. The van der Waals surface area contributed by atoms with Crippen molar-refractivity contribution in [3.63, 3.8) is 0 Å². The van der Waals surface area contributed by atoms with Crippen molar-refractivity contribution in [2.24, 2.45) is 0 Å². The minimum absolute atomic E-state index is 0.00204. The molecule has 0 bridgehead atoms. The fourth-order valence-electron chi connectivity index (χ4n) is 1.86. The second kappa shape index (κ2) is 4.92. The summed E-state index contributed by atoms with van der Waals surface area (Å²) < 4.78 is 6.19. The number of anilines is 1. The van der Waals surface area contributed by atoms with E-state index < -0.39 is 0 Å². The van der Waals surface area contributed by atoms with Gasteiger partial charge in [-0.1, -0.05) is 0 Å². The molecule has 2 aromatic rings. The molecule has 5 nitrogen and oxygen atoms in total. The lowest BCUT2D eigenvalue weighted by Gasteiger charge is -2.19. The highest BCUT2D eigenvalue weighted by Gasteiger charge is 2.19. The van der Waals surface area contributed by atoms with E-state index in [1.807, 2.05) is 18.5 Å². The zero-order valence-electron chi connectivity index (χ0n) is 12.4. The number of rotatable bonds is 3. The highest BCUT2D eigenvalue weighted by atomic mass is 32.1. The maximum atomic E-state index is 4.59. The van der Waals surface area contributed by atoms with Crippen LogP contribution in [0.3, 0.4) is 0 Å². The third-order valence-corrected chi connectivity index (χ3v) is 3.70. The Bertz CT molecular complexity index is 564. The van der Waals surface area contributed by atoms with Gasteiger partial charge >= 0.3 is 0 Å². The van der Waals surface area contributed by atoms with Crippen LogP contribution in [0.15, 0.2) is 6.20 Å². The lowest BCUT2D eigenvalue weighted by atomic mass is 10.1. The second-order valence-corrected chi connectivity index (χ2v) is 6.55. The molecule has 19 heavy (non-hydrogen) atoms. The Hall–Kier alpha value is -1.43. The summed E-state index contributed by atoms with van der Waals surface area (Å²) in [6.45, 7) is 12.5. The van der Waals surface area contributed by atoms with Crippen LogP contribution in [0.2, 0.25) is 0 Å². The lowest BCUT2D eigenvalue weighted by molar-refractivity contribution is 0.354. The van der Waals surface area contributed by atoms with Crippen LogP contribution in [0.25, 0.3) is 0 Å². The standard InChI is InChI=1S/C13H21N5S/c1-8(14-12-15-10(3)17-19-12)11-7-18(13(4,5)6)16-9(11)2/h7-8H,1-6H3,(H,14,15,17). The molecule has 2 rings (SSSR count). The first kappa shape index (κ1) is 14.0. The molecule has 1 unspecified atom stereocenters. The van der Waals surface area contributed by atoms with E-state index >= 15 is 0 Å². The summed E-state index contributed by atoms with van der Waals surface area (Å²) in [6, 6.07) is 0.170. The van der Waals surface area contributed by atoms with Gasteiger partial charge in [0.15, 0.2) is 0 Å². The number of nitrogens with zero attached hydrogens (tertiary/aromatic N) is 4. The van der Waals surface area contributed by atoms with Gasteiger partial charge < -0.3 is 5.32 Å². The van der Waals surface area contributed by atoms with E-state index in [2.05, 4.69) is 53.7 Å². The largest absolute Gasteiger partial charge is 0.354 e. The van der Waals surface area contributed by atoms with Gasteiger partial charge in [0.25, 0.3) is 0 Å². The van der Waals surface area contributed by atoms with Crippen LogP contribution in [0.4, 0.5) is 5.13 Å². The normalized spacial score (nSPS) is 13.6. The predicted octanol–water partition coefficient (Wildman–Crippen LogP) is 3.28. The summed E-state index contributed by atoms with van der Waals surface area (Å²) in [5.41, 5.74) is 2.25. The summed E-state index contributed by atoms with van der Waals surface area (Å²) in [5, 5.41) is 8.82. The Morgan fingerprint density at radius 2 is 2.00 bits per heavy atom. The first-order valence-corrected chi connectivity index (χ1v) is 7.18. The maximum Gasteiger partial charge on any atom is 0.203 e. The minimum atomic E-state index is 0.00204. The van der Waals surface area contributed by atoms with E-state index in [1.54, 1.807) is 0 Å². The highest BCUT2D eigenvalue weighted by Crippen LogP contribution is 2.24. The Labute approximate surface area is 118 Å². The molecule has 0 aromatic carbocycles. The van der Waals surface area contributed by atoms with Crippen molar-refractivity contribution in [2.75, 3.05) is 5.32 Å². The van der Waals surface area contributed by atoms with Crippen molar-refractivity contribution in [2.45, 2.75) is 53.1 Å². The molecule has 0 saturated heterocycles. The molecule has 0 aliphatic rings. The van der Waals surface area contributed by atoms with Crippen molar-refractivity contribution >= 4 is 16.7 Å². The molecule has 0 fully saturated rings. The summed E-state index contributed by atoms with van der Waals surface area (Å²) in [4.78, 5) is 4.33. The van der Waals surface area contributed by atoms with Crippen LogP contribution >= 0.6 is 11.5 Å². The average Bonchev–Trinajstić information content (AvgIpc) is 2.84. The van der Waals surface area contributed by atoms with Gasteiger partial charge in [0.2, 0.25) is 5.13 Å². The molecule has 104 valence electrons. The SMILES string of the molecule is Cc1nsc(NC(C)c2cn(C(C)(C)C)nc2C)n1. The van der Waals surface area contributed by atoms with Gasteiger partial charge in [-0.3, -0.25) is 4.68 Å². The molecule has 0 spiro atoms. The first-order valence-electron chi connectivity index (χ1n) is 6.41. The van der Waals surface area contributed by atoms with Crippen molar-refractivity contribution < 1.29 is 0 Å². The summed E-state index contributed by atoms with van der Waals surface area (Å²) >= 11 is 1.39. The van der Waals surface area contributed by atoms with E-state index in [1.165, 1.54) is 17.1 Å². The van der Waals surface area contributed by atoms with Crippen LogP contribution in [0.5, 0.6) is 0 Å². The zero-order chi connectivity index (χ0) is 14.2. The Morgan fingerprint density at radius 1 is 1.32 bits per heavy atom. The van der Waals surface area contributed by atoms with Crippen LogP contribution in [0, 0.1) is 13.8 Å². The molecule has 0 radical (unpaired) electrons. The topological polar surface area (TPSA) is 55.6 Å². The zero-order valence-corrected chi connectivity index (χ0v) is 13.2. The van der Waals surface area contributed by atoms with Gasteiger partial charge in [-0.05, 0) is 41.5 Å². The fourth-order valence-corrected chi connectivity index (χ4v) is 2.52. The highest BCUT2D eigenvalue weighted by molar-refractivity contribution is 7.09. The number of nitrogens with one attached hydrogen (secondary N) is 1. The molecule has 2 heterocycles. The Morgan fingerprint density at radius 3 is 2.47 bits per heavy atom. The molecular weight excluding hydrogens is 258 g/mol. The molecule has 0 aliphatic heterocycles. The van der Waals surface area contributed by atoms with Crippen molar-refractivity contribution in [1.82, 2.24) is 19.1 Å². The van der Waals surface area contributed by atoms with Gasteiger partial charge in [0, 0.05) is 23.3 Å². The van der Waals surface area contributed by atoms with Crippen LogP contribution < -0.4 is 5.32 Å². The monoisotopic (exact) mass is 279 g/mol. The summed E-state index contributed by atoms with van der Waals surface area (Å²) in [6.07, 6.45) is 2.11. The molecule has 0 aliphatic carbocycles. The van der Waals surface area contributed by atoms with Gasteiger partial charge in [-0.2, -0.15) is 9.47 Å². The smallest absolute Gasteiger partial charge is 0.203 e. The van der Waals surface area contributed by atoms with Crippen LogP contribution in [0.1, 0.15) is 50.8 Å². The number of hydrogen-bond acceptors (Lipinski definition) is 5. The fraction of sp³-hybridized carbons (Fsp3) is 0.615. The summed E-state index contributed by atoms with van der Waals surface area (Å²) in [7, 11) is 0. The summed E-state index contributed by atoms with van der Waals surface area (Å²) in [5.74, 6) is 0.807. The molecule has 0 saturated carbocycles. The molecule has 6 heteroatoms. The quantitative estimate of drug-likeness (QED) is 0.936. The molecule has 2 aromatic heterocycles. The van der Waals surface area contributed by atoms with Crippen LogP contribution in [-0.4, -0.2) is 19.1 Å². The van der Waals surface area contributed by atoms with Crippen molar-refractivity contribution in [3.05, 3.63) is 23.3 Å². The maximum absolute atomic E-state index is 4.59. The van der Waals surface area contributed by atoms with E-state index in [0.717, 1.165) is 16.6 Å². The Balaban J connectivity index is 2.19. The van der Waals surface area contributed by atoms with E-state index in [4.69, 9.17) is 0 Å².